The molecule has 1 fully saturated rings. The van der Waals surface area contributed by atoms with Crippen LogP contribution >= 0.6 is 11.6 Å². The van der Waals surface area contributed by atoms with Gasteiger partial charge in [0.25, 0.3) is 5.56 Å². The van der Waals surface area contributed by atoms with Gasteiger partial charge in [0.1, 0.15) is 5.02 Å². The van der Waals surface area contributed by atoms with Crippen molar-refractivity contribution in [1.29, 1.82) is 0 Å². The van der Waals surface area contributed by atoms with Crippen molar-refractivity contribution in [1.82, 2.24) is 15.3 Å². The van der Waals surface area contributed by atoms with Crippen LogP contribution in [0.4, 0.5) is 5.82 Å². The third-order valence-electron chi connectivity index (χ3n) is 2.58. The molecule has 2 heterocycles. The summed E-state index contributed by atoms with van der Waals surface area (Å²) in [6, 6.07) is 0.0665. The first-order valence-corrected chi connectivity index (χ1v) is 5.33. The number of H-pyrrole nitrogens is 1. The van der Waals surface area contributed by atoms with Crippen molar-refractivity contribution in [2.24, 2.45) is 0 Å². The predicted octanol–water partition coefficient (Wildman–Crippen LogP) is -0.178. The van der Waals surface area contributed by atoms with Crippen molar-refractivity contribution >= 4 is 17.4 Å². The minimum atomic E-state index is -0.348. The molecule has 2 atom stereocenters. The molecule has 3 N–H and O–H groups in total. The first-order chi connectivity index (χ1) is 7.72. The number of aromatic amines is 1. The number of hydrogen-bond donors (Lipinski definition) is 3. The number of nitrogens with one attached hydrogen (secondary N) is 3. The highest BCUT2D eigenvalue weighted by Crippen LogP contribution is 2.16. The molecule has 7 heteroatoms. The summed E-state index contributed by atoms with van der Waals surface area (Å²) < 4.78 is 5.28. The fourth-order valence-corrected chi connectivity index (χ4v) is 1.86. The third kappa shape index (κ3) is 2.18. The number of nitrogens with zero attached hydrogens (tertiary/aromatic N) is 1. The maximum absolute atomic E-state index is 11.3. The highest BCUT2D eigenvalue weighted by molar-refractivity contribution is 6.32. The van der Waals surface area contributed by atoms with Gasteiger partial charge in [-0.15, -0.1) is 0 Å². The maximum atomic E-state index is 11.3. The van der Waals surface area contributed by atoms with Gasteiger partial charge in [-0.2, -0.15) is 0 Å². The highest BCUT2D eigenvalue weighted by Gasteiger charge is 2.27. The summed E-state index contributed by atoms with van der Waals surface area (Å²) in [4.78, 5) is 17.6. The molecule has 16 heavy (non-hydrogen) atoms. The van der Waals surface area contributed by atoms with E-state index >= 15 is 0 Å². The SMILES string of the molecule is CO[C@H]1CNCC1Nc1nc[nH]c(=O)c1Cl. The summed E-state index contributed by atoms with van der Waals surface area (Å²) in [5.74, 6) is 0.390. The largest absolute Gasteiger partial charge is 0.378 e. The Labute approximate surface area is 97.4 Å². The van der Waals surface area contributed by atoms with Crippen LogP contribution in [0.15, 0.2) is 11.1 Å². The molecule has 0 amide bonds. The molecule has 0 bridgehead atoms. The van der Waals surface area contributed by atoms with Gasteiger partial charge in [0, 0.05) is 20.2 Å². The Morgan fingerprint density at radius 3 is 3.19 bits per heavy atom. The van der Waals surface area contributed by atoms with Crippen molar-refractivity contribution in [2.45, 2.75) is 12.1 Å². The number of anilines is 1. The van der Waals surface area contributed by atoms with Crippen LogP contribution in [0.2, 0.25) is 5.02 Å². The maximum Gasteiger partial charge on any atom is 0.271 e. The Bertz CT molecular complexity index is 422. The predicted molar refractivity (Wildman–Crippen MR) is 60.9 cm³/mol. The molecule has 1 saturated heterocycles. The van der Waals surface area contributed by atoms with Crippen molar-refractivity contribution in [3.05, 3.63) is 21.7 Å². The third-order valence-corrected chi connectivity index (χ3v) is 2.93. The van der Waals surface area contributed by atoms with Gasteiger partial charge in [-0.25, -0.2) is 4.98 Å². The summed E-state index contributed by atoms with van der Waals surface area (Å²) in [6.45, 7) is 1.53. The van der Waals surface area contributed by atoms with E-state index in [-0.39, 0.29) is 22.7 Å². The quantitative estimate of drug-likeness (QED) is 0.688. The minimum Gasteiger partial charge on any atom is -0.378 e. The molecule has 0 aliphatic carbocycles. The lowest BCUT2D eigenvalue weighted by molar-refractivity contribution is 0.111. The number of methoxy groups -OCH3 is 1. The van der Waals surface area contributed by atoms with Crippen LogP contribution < -0.4 is 16.2 Å². The molecule has 1 aliphatic rings. The molecule has 0 saturated carbocycles. The zero-order chi connectivity index (χ0) is 11.5. The van der Waals surface area contributed by atoms with Gasteiger partial charge in [0.2, 0.25) is 0 Å². The van der Waals surface area contributed by atoms with Gasteiger partial charge in [0.05, 0.1) is 18.5 Å². The molecule has 1 aromatic heterocycles. The summed E-state index contributed by atoms with van der Waals surface area (Å²) in [5, 5.41) is 6.36. The van der Waals surface area contributed by atoms with Gasteiger partial charge in [0.15, 0.2) is 5.82 Å². The monoisotopic (exact) mass is 244 g/mol. The van der Waals surface area contributed by atoms with E-state index in [0.29, 0.717) is 5.82 Å². The van der Waals surface area contributed by atoms with Gasteiger partial charge >= 0.3 is 0 Å². The van der Waals surface area contributed by atoms with E-state index in [0.717, 1.165) is 13.1 Å². The average molecular weight is 245 g/mol. The number of hydrogen-bond acceptors (Lipinski definition) is 5. The lowest BCUT2D eigenvalue weighted by Crippen LogP contribution is -2.34. The van der Waals surface area contributed by atoms with Crippen LogP contribution in [0.25, 0.3) is 0 Å². The van der Waals surface area contributed by atoms with E-state index in [1.54, 1.807) is 7.11 Å². The second-order valence-corrected chi connectivity index (χ2v) is 3.96. The van der Waals surface area contributed by atoms with E-state index in [1.165, 1.54) is 6.33 Å². The lowest BCUT2D eigenvalue weighted by Gasteiger charge is -2.19. The van der Waals surface area contributed by atoms with Gasteiger partial charge < -0.3 is 20.4 Å². The van der Waals surface area contributed by atoms with Crippen LogP contribution in [0.1, 0.15) is 0 Å². The smallest absolute Gasteiger partial charge is 0.271 e. The highest BCUT2D eigenvalue weighted by atomic mass is 35.5. The Kier molecular flexibility index (Phi) is 3.42. The van der Waals surface area contributed by atoms with Crippen molar-refractivity contribution in [2.75, 3.05) is 25.5 Å². The van der Waals surface area contributed by atoms with Crippen LogP contribution in [0, 0.1) is 0 Å². The minimum absolute atomic E-state index is 0.0529. The van der Waals surface area contributed by atoms with Crippen molar-refractivity contribution in [3.8, 4) is 0 Å². The topological polar surface area (TPSA) is 79.0 Å². The molecule has 0 radical (unpaired) electrons. The zero-order valence-corrected chi connectivity index (χ0v) is 9.54. The Morgan fingerprint density at radius 1 is 1.62 bits per heavy atom. The Balaban J connectivity index is 2.14. The first kappa shape index (κ1) is 11.4. The van der Waals surface area contributed by atoms with Crippen LogP contribution in [0.3, 0.4) is 0 Å². The molecular formula is C9H13ClN4O2. The summed E-state index contributed by atoms with van der Waals surface area (Å²) in [6.07, 6.45) is 1.37. The van der Waals surface area contributed by atoms with Crippen molar-refractivity contribution in [3.63, 3.8) is 0 Å². The van der Waals surface area contributed by atoms with Gasteiger partial charge in [-0.05, 0) is 0 Å². The molecular weight excluding hydrogens is 232 g/mol. The van der Waals surface area contributed by atoms with Crippen molar-refractivity contribution < 1.29 is 4.74 Å². The summed E-state index contributed by atoms with van der Waals surface area (Å²) in [7, 11) is 1.65. The normalized spacial score (nSPS) is 24.6. The number of rotatable bonds is 3. The van der Waals surface area contributed by atoms with E-state index in [1.807, 2.05) is 0 Å². The zero-order valence-electron chi connectivity index (χ0n) is 8.79. The lowest BCUT2D eigenvalue weighted by atomic mass is 10.2. The molecule has 1 unspecified atom stereocenters. The van der Waals surface area contributed by atoms with Crippen LogP contribution in [-0.4, -0.2) is 42.3 Å². The fourth-order valence-electron chi connectivity index (χ4n) is 1.71. The van der Waals surface area contributed by atoms with E-state index < -0.39 is 0 Å². The molecule has 6 nitrogen and oxygen atoms in total. The Morgan fingerprint density at radius 2 is 2.44 bits per heavy atom. The van der Waals surface area contributed by atoms with Gasteiger partial charge in [-0.1, -0.05) is 11.6 Å². The fraction of sp³-hybridized carbons (Fsp3) is 0.556. The number of ether oxygens (including phenoxy) is 1. The average Bonchev–Trinajstić information content (AvgIpc) is 2.72. The van der Waals surface area contributed by atoms with E-state index in [2.05, 4.69) is 20.6 Å². The number of aromatic nitrogens is 2. The summed E-state index contributed by atoms with van der Waals surface area (Å²) in [5.41, 5.74) is -0.348. The standard InChI is InChI=1S/C9H13ClN4O2/c1-16-6-3-11-2-5(6)14-8-7(10)9(15)13-4-12-8/h4-6,11H,2-3H2,1H3,(H2,12,13,14,15)/t5?,6-/m0/s1. The molecule has 2 rings (SSSR count). The second-order valence-electron chi connectivity index (χ2n) is 3.58. The van der Waals surface area contributed by atoms with E-state index in [4.69, 9.17) is 16.3 Å². The Hall–Kier alpha value is -1.11. The first-order valence-electron chi connectivity index (χ1n) is 4.95. The molecule has 0 aromatic carbocycles. The number of halogens is 1. The van der Waals surface area contributed by atoms with Gasteiger partial charge in [-0.3, -0.25) is 4.79 Å². The van der Waals surface area contributed by atoms with Crippen LogP contribution in [0.5, 0.6) is 0 Å². The van der Waals surface area contributed by atoms with Crippen LogP contribution in [-0.2, 0) is 4.74 Å². The molecule has 0 spiro atoms. The molecule has 1 aromatic rings. The second kappa shape index (κ2) is 4.82. The molecule has 1 aliphatic heterocycles. The van der Waals surface area contributed by atoms with E-state index in [9.17, 15) is 4.79 Å². The summed E-state index contributed by atoms with van der Waals surface area (Å²) >= 11 is 5.83. The molecule has 88 valence electrons.